The number of benzene rings is 1. The normalized spacial score (nSPS) is 10.6. The average molecular weight is 230 g/mol. The van der Waals surface area contributed by atoms with Gasteiger partial charge in [0.15, 0.2) is 0 Å². The van der Waals surface area contributed by atoms with Crippen LogP contribution in [-0.2, 0) is 6.54 Å². The molecule has 0 aliphatic heterocycles. The Morgan fingerprint density at radius 3 is 2.80 bits per heavy atom. The van der Waals surface area contributed by atoms with Crippen LogP contribution in [0.1, 0.15) is 31.7 Å². The Hall–Kier alpha value is -0.600. The molecule has 1 nitrogen and oxygen atoms in total. The molecule has 0 radical (unpaired) electrons. The van der Waals surface area contributed by atoms with Crippen molar-refractivity contribution >= 4 is 11.6 Å². The number of rotatable bonds is 6. The van der Waals surface area contributed by atoms with E-state index in [0.29, 0.717) is 0 Å². The highest BCUT2D eigenvalue weighted by atomic mass is 35.5. The maximum absolute atomic E-state index is 12.8. The molecule has 0 fully saturated rings. The lowest BCUT2D eigenvalue weighted by Gasteiger charge is -2.05. The highest BCUT2D eigenvalue weighted by molar-refractivity contribution is 6.30. The number of unbranched alkanes of at least 4 members (excludes halogenated alkanes) is 2. The molecular formula is C12H17ClFN. The van der Waals surface area contributed by atoms with Crippen molar-refractivity contribution in [2.45, 2.75) is 32.7 Å². The Morgan fingerprint density at radius 2 is 2.13 bits per heavy atom. The fourth-order valence-electron chi connectivity index (χ4n) is 1.38. The molecule has 1 aromatic rings. The molecule has 0 aromatic heterocycles. The van der Waals surface area contributed by atoms with Gasteiger partial charge in [0.2, 0.25) is 0 Å². The molecule has 1 rings (SSSR count). The van der Waals surface area contributed by atoms with E-state index in [0.717, 1.165) is 18.7 Å². The summed E-state index contributed by atoms with van der Waals surface area (Å²) >= 11 is 5.67. The molecule has 1 N–H and O–H groups in total. The standard InChI is InChI=1S/C12H17ClFN/c1-2-3-4-7-15-9-10-5-6-12(14)11(13)8-10/h5-6,8,15H,2-4,7,9H2,1H3. The van der Waals surface area contributed by atoms with Crippen molar-refractivity contribution in [3.63, 3.8) is 0 Å². The second-order valence-corrected chi connectivity index (χ2v) is 4.04. The van der Waals surface area contributed by atoms with Gasteiger partial charge in [0, 0.05) is 6.54 Å². The Morgan fingerprint density at radius 1 is 1.33 bits per heavy atom. The van der Waals surface area contributed by atoms with Crippen LogP contribution in [0.4, 0.5) is 4.39 Å². The molecule has 1 aromatic carbocycles. The van der Waals surface area contributed by atoms with Gasteiger partial charge in [-0.3, -0.25) is 0 Å². The van der Waals surface area contributed by atoms with E-state index in [9.17, 15) is 4.39 Å². The molecule has 3 heteroatoms. The maximum Gasteiger partial charge on any atom is 0.141 e. The van der Waals surface area contributed by atoms with E-state index in [1.165, 1.54) is 25.3 Å². The van der Waals surface area contributed by atoms with Crippen molar-refractivity contribution in [1.82, 2.24) is 5.32 Å². The first kappa shape index (κ1) is 12.5. The molecular weight excluding hydrogens is 213 g/mol. The van der Waals surface area contributed by atoms with Gasteiger partial charge in [0.05, 0.1) is 5.02 Å². The summed E-state index contributed by atoms with van der Waals surface area (Å²) in [6.45, 7) is 3.94. The molecule has 0 aliphatic carbocycles. The topological polar surface area (TPSA) is 12.0 Å². The molecule has 0 atom stereocenters. The van der Waals surface area contributed by atoms with Gasteiger partial charge in [0.1, 0.15) is 5.82 Å². The fraction of sp³-hybridized carbons (Fsp3) is 0.500. The van der Waals surface area contributed by atoms with Gasteiger partial charge < -0.3 is 5.32 Å². The van der Waals surface area contributed by atoms with E-state index in [-0.39, 0.29) is 10.8 Å². The largest absolute Gasteiger partial charge is 0.313 e. The smallest absolute Gasteiger partial charge is 0.141 e. The predicted octanol–water partition coefficient (Wildman–Crippen LogP) is 3.76. The van der Waals surface area contributed by atoms with Crippen LogP contribution in [0.25, 0.3) is 0 Å². The number of nitrogens with one attached hydrogen (secondary N) is 1. The third kappa shape index (κ3) is 4.63. The van der Waals surface area contributed by atoms with Gasteiger partial charge in [0.25, 0.3) is 0 Å². The SMILES string of the molecule is CCCCCNCc1ccc(F)c(Cl)c1. The number of hydrogen-bond acceptors (Lipinski definition) is 1. The van der Waals surface area contributed by atoms with Gasteiger partial charge >= 0.3 is 0 Å². The van der Waals surface area contributed by atoms with E-state index in [2.05, 4.69) is 12.2 Å². The quantitative estimate of drug-likeness (QED) is 0.733. The lowest BCUT2D eigenvalue weighted by molar-refractivity contribution is 0.611. The minimum Gasteiger partial charge on any atom is -0.313 e. The van der Waals surface area contributed by atoms with Crippen molar-refractivity contribution in [1.29, 1.82) is 0 Å². The Labute approximate surface area is 95.6 Å². The minimum absolute atomic E-state index is 0.197. The maximum atomic E-state index is 12.8. The molecule has 0 bridgehead atoms. The highest BCUT2D eigenvalue weighted by Gasteiger charge is 1.99. The third-order valence-electron chi connectivity index (χ3n) is 2.27. The van der Waals surface area contributed by atoms with Crippen LogP contribution in [-0.4, -0.2) is 6.54 Å². The number of halogens is 2. The first-order chi connectivity index (χ1) is 7.24. The molecule has 0 unspecified atom stereocenters. The zero-order chi connectivity index (χ0) is 11.1. The molecule has 0 saturated carbocycles. The minimum atomic E-state index is -0.355. The van der Waals surface area contributed by atoms with Crippen LogP contribution in [0.2, 0.25) is 5.02 Å². The summed E-state index contributed by atoms with van der Waals surface area (Å²) in [4.78, 5) is 0. The Bertz CT molecular complexity index is 302. The predicted molar refractivity (Wildman–Crippen MR) is 62.6 cm³/mol. The Kier molecular flexibility index (Phi) is 5.66. The second kappa shape index (κ2) is 6.81. The van der Waals surface area contributed by atoms with Crippen LogP contribution >= 0.6 is 11.6 Å². The van der Waals surface area contributed by atoms with Crippen molar-refractivity contribution in [2.75, 3.05) is 6.54 Å². The summed E-state index contributed by atoms with van der Waals surface area (Å²) in [5.74, 6) is -0.355. The first-order valence-corrected chi connectivity index (χ1v) is 5.76. The van der Waals surface area contributed by atoms with Gasteiger partial charge in [-0.1, -0.05) is 37.4 Å². The van der Waals surface area contributed by atoms with Gasteiger partial charge in [-0.2, -0.15) is 0 Å². The van der Waals surface area contributed by atoms with Crippen LogP contribution in [0.5, 0.6) is 0 Å². The van der Waals surface area contributed by atoms with E-state index in [1.807, 2.05) is 0 Å². The Balaban J connectivity index is 2.28. The molecule has 0 aliphatic rings. The summed E-state index contributed by atoms with van der Waals surface area (Å²) in [6, 6.07) is 4.84. The zero-order valence-electron chi connectivity index (χ0n) is 9.02. The third-order valence-corrected chi connectivity index (χ3v) is 2.56. The molecule has 0 amide bonds. The van der Waals surface area contributed by atoms with E-state index in [1.54, 1.807) is 12.1 Å². The number of hydrogen-bond donors (Lipinski definition) is 1. The fourth-order valence-corrected chi connectivity index (χ4v) is 1.59. The van der Waals surface area contributed by atoms with Crippen LogP contribution in [0, 0.1) is 5.82 Å². The van der Waals surface area contributed by atoms with Crippen molar-refractivity contribution in [3.05, 3.63) is 34.6 Å². The van der Waals surface area contributed by atoms with Crippen molar-refractivity contribution in [2.24, 2.45) is 0 Å². The monoisotopic (exact) mass is 229 g/mol. The summed E-state index contributed by atoms with van der Waals surface area (Å²) < 4.78 is 12.8. The summed E-state index contributed by atoms with van der Waals surface area (Å²) in [5, 5.41) is 3.50. The van der Waals surface area contributed by atoms with E-state index in [4.69, 9.17) is 11.6 Å². The molecule has 84 valence electrons. The summed E-state index contributed by atoms with van der Waals surface area (Å²) in [7, 11) is 0. The van der Waals surface area contributed by atoms with E-state index >= 15 is 0 Å². The van der Waals surface area contributed by atoms with Crippen LogP contribution < -0.4 is 5.32 Å². The second-order valence-electron chi connectivity index (χ2n) is 3.63. The summed E-state index contributed by atoms with van der Waals surface area (Å²) in [6.07, 6.45) is 3.66. The van der Waals surface area contributed by atoms with E-state index < -0.39 is 0 Å². The zero-order valence-corrected chi connectivity index (χ0v) is 9.78. The van der Waals surface area contributed by atoms with Crippen molar-refractivity contribution in [3.8, 4) is 0 Å². The van der Waals surface area contributed by atoms with Crippen LogP contribution in [0.3, 0.4) is 0 Å². The first-order valence-electron chi connectivity index (χ1n) is 5.38. The van der Waals surface area contributed by atoms with Crippen molar-refractivity contribution < 1.29 is 4.39 Å². The van der Waals surface area contributed by atoms with Gasteiger partial charge in [-0.05, 0) is 30.7 Å². The molecule has 15 heavy (non-hydrogen) atoms. The van der Waals surface area contributed by atoms with Crippen LogP contribution in [0.15, 0.2) is 18.2 Å². The summed E-state index contributed by atoms with van der Waals surface area (Å²) in [5.41, 5.74) is 1.03. The highest BCUT2D eigenvalue weighted by Crippen LogP contribution is 2.15. The molecule has 0 spiro atoms. The van der Waals surface area contributed by atoms with Gasteiger partial charge in [-0.25, -0.2) is 4.39 Å². The van der Waals surface area contributed by atoms with Gasteiger partial charge in [-0.15, -0.1) is 0 Å². The molecule has 0 heterocycles. The molecule has 0 saturated heterocycles. The lowest BCUT2D eigenvalue weighted by Crippen LogP contribution is -2.14. The average Bonchev–Trinajstić information content (AvgIpc) is 2.23. The lowest BCUT2D eigenvalue weighted by atomic mass is 10.2.